The molecule has 0 bridgehead atoms. The van der Waals surface area contributed by atoms with E-state index in [0.717, 1.165) is 62.5 Å². The molecule has 1 aliphatic heterocycles. The third-order valence-electron chi connectivity index (χ3n) is 5.37. The number of ether oxygens (including phenoxy) is 2. The summed E-state index contributed by atoms with van der Waals surface area (Å²) in [6.45, 7) is 12.2. The molecular weight excluding hydrogens is 394 g/mol. The van der Waals surface area contributed by atoms with Gasteiger partial charge in [0, 0.05) is 37.8 Å². The number of H-pyrrole nitrogens is 1. The number of methoxy groups -OCH3 is 1. The Balaban J connectivity index is 1.60. The third-order valence-corrected chi connectivity index (χ3v) is 5.37. The molecule has 0 aliphatic carbocycles. The predicted octanol–water partition coefficient (Wildman–Crippen LogP) is 1.89. The molecule has 1 aliphatic rings. The van der Waals surface area contributed by atoms with Crippen molar-refractivity contribution < 1.29 is 9.47 Å². The molecule has 0 spiro atoms. The number of benzene rings is 1. The predicted molar refractivity (Wildman–Crippen MR) is 122 cm³/mol. The number of rotatable bonds is 9. The van der Waals surface area contributed by atoms with E-state index in [2.05, 4.69) is 51.5 Å². The molecule has 9 heteroatoms. The molecule has 170 valence electrons. The molecule has 31 heavy (non-hydrogen) atoms. The fraction of sp³-hybridized carbons (Fsp3) is 0.591. The topological polar surface area (TPSA) is 99.7 Å². The summed E-state index contributed by atoms with van der Waals surface area (Å²) in [5.74, 6) is 3.50. The molecule has 9 nitrogen and oxygen atoms in total. The lowest BCUT2D eigenvalue weighted by molar-refractivity contribution is 0.00752. The highest BCUT2D eigenvalue weighted by atomic mass is 16.5. The summed E-state index contributed by atoms with van der Waals surface area (Å²) in [4.78, 5) is 11.8. The van der Waals surface area contributed by atoms with Gasteiger partial charge in [0.2, 0.25) is 0 Å². The number of nitrogens with one attached hydrogen (secondary N) is 3. The van der Waals surface area contributed by atoms with Crippen molar-refractivity contribution in [2.45, 2.75) is 33.4 Å². The van der Waals surface area contributed by atoms with Crippen LogP contribution in [0.1, 0.15) is 26.6 Å². The van der Waals surface area contributed by atoms with Crippen LogP contribution in [0.4, 0.5) is 0 Å². The van der Waals surface area contributed by atoms with Crippen LogP contribution in [0.2, 0.25) is 0 Å². The fourth-order valence-electron chi connectivity index (χ4n) is 3.63. The highest BCUT2D eigenvalue weighted by Crippen LogP contribution is 2.19. The second-order valence-corrected chi connectivity index (χ2v) is 7.87. The number of nitrogens with zero attached hydrogens (tertiary/aromatic N) is 4. The van der Waals surface area contributed by atoms with Gasteiger partial charge < -0.3 is 20.1 Å². The average Bonchev–Trinajstić information content (AvgIpc) is 3.27. The monoisotopic (exact) mass is 429 g/mol. The summed E-state index contributed by atoms with van der Waals surface area (Å²) < 4.78 is 10.7. The number of aliphatic imine (C=N–C) groups is 1. The summed E-state index contributed by atoms with van der Waals surface area (Å²) in [5, 5.41) is 14.1. The highest BCUT2D eigenvalue weighted by Gasteiger charge is 2.23. The zero-order valence-corrected chi connectivity index (χ0v) is 19.0. The molecule has 3 rings (SSSR count). The lowest BCUT2D eigenvalue weighted by Crippen LogP contribution is -2.52. The summed E-state index contributed by atoms with van der Waals surface area (Å²) in [7, 11) is 1.65. The Labute approximate surface area is 184 Å². The molecule has 0 radical (unpaired) electrons. The summed E-state index contributed by atoms with van der Waals surface area (Å²) in [5.41, 5.74) is 0.933. The first-order chi connectivity index (χ1) is 15.1. The molecule has 1 fully saturated rings. The number of aromatic amines is 1. The minimum Gasteiger partial charge on any atom is -0.497 e. The van der Waals surface area contributed by atoms with Gasteiger partial charge in [-0.05, 0) is 37.1 Å². The maximum Gasteiger partial charge on any atom is 0.191 e. The van der Waals surface area contributed by atoms with Crippen molar-refractivity contribution in [2.75, 3.05) is 46.5 Å². The van der Waals surface area contributed by atoms with Crippen LogP contribution >= 0.6 is 0 Å². The molecule has 0 amide bonds. The number of aromatic nitrogens is 3. The number of hydrogen-bond donors (Lipinski definition) is 3. The van der Waals surface area contributed by atoms with Crippen molar-refractivity contribution in [3.05, 3.63) is 30.1 Å². The first-order valence-corrected chi connectivity index (χ1v) is 11.0. The van der Waals surface area contributed by atoms with Crippen LogP contribution in [-0.2, 0) is 11.3 Å². The van der Waals surface area contributed by atoms with E-state index in [0.29, 0.717) is 24.3 Å². The Kier molecular flexibility index (Phi) is 8.66. The number of morpholine rings is 1. The van der Waals surface area contributed by atoms with Gasteiger partial charge in [0.25, 0.3) is 0 Å². The van der Waals surface area contributed by atoms with E-state index in [1.165, 1.54) is 0 Å². The number of hydrogen-bond acceptors (Lipinski definition) is 6. The van der Waals surface area contributed by atoms with Crippen LogP contribution in [0, 0.1) is 5.92 Å². The van der Waals surface area contributed by atoms with Crippen LogP contribution in [-0.4, -0.2) is 78.6 Å². The Morgan fingerprint density at radius 3 is 2.61 bits per heavy atom. The zero-order chi connectivity index (χ0) is 22.1. The van der Waals surface area contributed by atoms with Crippen LogP contribution in [0.5, 0.6) is 5.75 Å². The first kappa shape index (κ1) is 23.0. The lowest BCUT2D eigenvalue weighted by atomic mass is 10.0. The highest BCUT2D eigenvalue weighted by molar-refractivity contribution is 5.79. The second-order valence-electron chi connectivity index (χ2n) is 7.87. The molecule has 1 unspecified atom stereocenters. The lowest BCUT2D eigenvalue weighted by Gasteiger charge is -2.37. The Morgan fingerprint density at radius 1 is 1.23 bits per heavy atom. The van der Waals surface area contributed by atoms with Crippen molar-refractivity contribution in [3.8, 4) is 17.1 Å². The standard InChI is InChI=1S/C22H35N7O2/c1-5-23-22(24-14-19(16(2)3)29-10-12-31-13-11-29)25-15-20-26-21(28-27-20)17-6-8-18(30-4)9-7-17/h6-9,16,19H,5,10-15H2,1-4H3,(H2,23,24,25)(H,26,27,28). The molecule has 1 aromatic carbocycles. The number of guanidine groups is 1. The van der Waals surface area contributed by atoms with Gasteiger partial charge >= 0.3 is 0 Å². The van der Waals surface area contributed by atoms with Gasteiger partial charge in [-0.15, -0.1) is 0 Å². The Bertz CT molecular complexity index is 814. The van der Waals surface area contributed by atoms with E-state index in [-0.39, 0.29) is 0 Å². The molecule has 1 saturated heterocycles. The molecule has 1 atom stereocenters. The molecule has 1 aromatic heterocycles. The third kappa shape index (κ3) is 6.67. The van der Waals surface area contributed by atoms with Gasteiger partial charge in [0.1, 0.15) is 18.1 Å². The van der Waals surface area contributed by atoms with Gasteiger partial charge in [0.15, 0.2) is 11.8 Å². The minimum atomic E-state index is 0.419. The minimum absolute atomic E-state index is 0.419. The molecule has 2 heterocycles. The van der Waals surface area contributed by atoms with E-state index >= 15 is 0 Å². The van der Waals surface area contributed by atoms with Gasteiger partial charge in [-0.3, -0.25) is 10.00 Å². The quantitative estimate of drug-likeness (QED) is 0.413. The van der Waals surface area contributed by atoms with Gasteiger partial charge in [-0.2, -0.15) is 5.10 Å². The fourth-order valence-corrected chi connectivity index (χ4v) is 3.63. The maximum absolute atomic E-state index is 5.51. The second kappa shape index (κ2) is 11.7. The summed E-state index contributed by atoms with van der Waals surface area (Å²) in [6, 6.07) is 8.11. The zero-order valence-electron chi connectivity index (χ0n) is 19.0. The van der Waals surface area contributed by atoms with Crippen LogP contribution in [0.25, 0.3) is 11.4 Å². The van der Waals surface area contributed by atoms with E-state index in [1.54, 1.807) is 7.11 Å². The van der Waals surface area contributed by atoms with E-state index in [1.807, 2.05) is 24.3 Å². The largest absolute Gasteiger partial charge is 0.497 e. The summed E-state index contributed by atoms with van der Waals surface area (Å²) >= 11 is 0. The smallest absolute Gasteiger partial charge is 0.191 e. The normalized spacial score (nSPS) is 16.4. The molecular formula is C22H35N7O2. The molecule has 3 N–H and O–H groups in total. The van der Waals surface area contributed by atoms with E-state index < -0.39 is 0 Å². The van der Waals surface area contributed by atoms with Crippen molar-refractivity contribution in [3.63, 3.8) is 0 Å². The Morgan fingerprint density at radius 2 is 1.97 bits per heavy atom. The SMILES string of the molecule is CCNC(=NCc1nc(-c2ccc(OC)cc2)n[nH]1)NCC(C(C)C)N1CCOCC1. The van der Waals surface area contributed by atoms with E-state index in [9.17, 15) is 0 Å². The first-order valence-electron chi connectivity index (χ1n) is 11.0. The summed E-state index contributed by atoms with van der Waals surface area (Å²) in [6.07, 6.45) is 0. The maximum atomic E-state index is 5.51. The van der Waals surface area contributed by atoms with Gasteiger partial charge in [-0.25, -0.2) is 9.98 Å². The molecule has 2 aromatic rings. The van der Waals surface area contributed by atoms with Gasteiger partial charge in [0.05, 0.1) is 20.3 Å². The van der Waals surface area contributed by atoms with Crippen LogP contribution < -0.4 is 15.4 Å². The average molecular weight is 430 g/mol. The van der Waals surface area contributed by atoms with E-state index in [4.69, 9.17) is 14.5 Å². The van der Waals surface area contributed by atoms with Crippen molar-refractivity contribution in [2.24, 2.45) is 10.9 Å². The van der Waals surface area contributed by atoms with Gasteiger partial charge in [-0.1, -0.05) is 13.8 Å². The van der Waals surface area contributed by atoms with Crippen LogP contribution in [0.3, 0.4) is 0 Å². The van der Waals surface area contributed by atoms with Crippen molar-refractivity contribution in [1.82, 2.24) is 30.7 Å². The van der Waals surface area contributed by atoms with Crippen LogP contribution in [0.15, 0.2) is 29.3 Å². The molecule has 0 saturated carbocycles. The Hall–Kier alpha value is -2.65. The van der Waals surface area contributed by atoms with Crippen molar-refractivity contribution in [1.29, 1.82) is 0 Å². The van der Waals surface area contributed by atoms with Crippen molar-refractivity contribution >= 4 is 5.96 Å².